The maximum atomic E-state index is 10.6. The molecule has 4 heteroatoms. The minimum absolute atomic E-state index is 0.276. The van der Waals surface area contributed by atoms with Crippen LogP contribution < -0.4 is 0 Å². The average Bonchev–Trinajstić information content (AvgIpc) is 2.82. The van der Waals surface area contributed by atoms with Gasteiger partial charge in [-0.05, 0) is 32.2 Å². The highest BCUT2D eigenvalue weighted by molar-refractivity contribution is 4.70. The molecule has 34 heavy (non-hydrogen) atoms. The Bertz CT molecular complexity index is 352. The van der Waals surface area contributed by atoms with E-state index >= 15 is 0 Å². The molecule has 0 aliphatic carbocycles. The number of aliphatic hydroxyl groups excluding tert-OH is 3. The normalized spacial score (nSPS) is 13.6. The van der Waals surface area contributed by atoms with Gasteiger partial charge in [0.2, 0.25) is 0 Å². The van der Waals surface area contributed by atoms with Gasteiger partial charge in [0.05, 0.1) is 12.2 Å². The third-order valence-electron chi connectivity index (χ3n) is 7.10. The van der Waals surface area contributed by atoms with Crippen molar-refractivity contribution in [3.05, 3.63) is 0 Å². The van der Waals surface area contributed by atoms with Gasteiger partial charge in [-0.15, -0.1) is 0 Å². The maximum absolute atomic E-state index is 10.6. The van der Waals surface area contributed by atoms with Crippen molar-refractivity contribution in [3.8, 4) is 0 Å². The lowest BCUT2D eigenvalue weighted by molar-refractivity contribution is 0.0596. The Labute approximate surface area is 213 Å². The smallest absolute Gasteiger partial charge is 0.0667 e. The van der Waals surface area contributed by atoms with Crippen LogP contribution in [0.5, 0.6) is 0 Å². The Morgan fingerprint density at radius 2 is 0.824 bits per heavy atom. The van der Waals surface area contributed by atoms with Crippen molar-refractivity contribution >= 4 is 0 Å². The van der Waals surface area contributed by atoms with Crippen LogP contribution in [-0.4, -0.2) is 58.7 Å². The molecule has 0 spiro atoms. The molecule has 0 aromatic rings. The molecule has 0 aliphatic heterocycles. The van der Waals surface area contributed by atoms with Crippen LogP contribution in [0.1, 0.15) is 155 Å². The number of nitrogens with zero attached hydrogens (tertiary/aromatic N) is 1. The van der Waals surface area contributed by atoms with E-state index in [0.29, 0.717) is 13.1 Å². The number of hydrogen-bond acceptors (Lipinski definition) is 4. The summed E-state index contributed by atoms with van der Waals surface area (Å²) < 4.78 is 0. The number of rotatable bonds is 28. The summed E-state index contributed by atoms with van der Waals surface area (Å²) in [7, 11) is 0. The van der Waals surface area contributed by atoms with Crippen molar-refractivity contribution in [1.29, 1.82) is 0 Å². The number of aliphatic hydroxyl groups is 3. The van der Waals surface area contributed by atoms with Crippen LogP contribution in [0.15, 0.2) is 0 Å². The second-order valence-corrected chi connectivity index (χ2v) is 10.7. The molecule has 0 fully saturated rings. The third-order valence-corrected chi connectivity index (χ3v) is 7.10. The first kappa shape index (κ1) is 33.8. The second-order valence-electron chi connectivity index (χ2n) is 10.7. The van der Waals surface area contributed by atoms with E-state index in [9.17, 15) is 10.2 Å². The summed E-state index contributed by atoms with van der Waals surface area (Å²) in [5, 5.41) is 30.2. The Balaban J connectivity index is 4.10. The van der Waals surface area contributed by atoms with E-state index in [1.165, 1.54) is 89.9 Å². The highest BCUT2D eigenvalue weighted by Crippen LogP contribution is 2.14. The molecule has 0 aromatic heterocycles. The van der Waals surface area contributed by atoms with Crippen LogP contribution in [0.3, 0.4) is 0 Å². The predicted molar refractivity (Wildman–Crippen MR) is 148 cm³/mol. The molecule has 0 bridgehead atoms. The van der Waals surface area contributed by atoms with Gasteiger partial charge in [-0.3, -0.25) is 4.90 Å². The first-order valence-corrected chi connectivity index (χ1v) is 15.3. The van der Waals surface area contributed by atoms with Gasteiger partial charge in [-0.2, -0.15) is 0 Å². The van der Waals surface area contributed by atoms with Gasteiger partial charge in [0.1, 0.15) is 0 Å². The summed E-state index contributed by atoms with van der Waals surface area (Å²) in [6.45, 7) is 7.10. The van der Waals surface area contributed by atoms with Gasteiger partial charge in [-0.1, -0.05) is 129 Å². The molecule has 0 heterocycles. The largest absolute Gasteiger partial charge is 0.396 e. The van der Waals surface area contributed by atoms with Crippen molar-refractivity contribution in [3.63, 3.8) is 0 Å². The quantitative estimate of drug-likeness (QED) is 0.0997. The second kappa shape index (κ2) is 27.4. The van der Waals surface area contributed by atoms with E-state index in [4.69, 9.17) is 5.11 Å². The summed E-state index contributed by atoms with van der Waals surface area (Å²) in [5.74, 6) is 0. The topological polar surface area (TPSA) is 63.9 Å². The zero-order valence-electron chi connectivity index (χ0n) is 23.3. The van der Waals surface area contributed by atoms with Gasteiger partial charge in [-0.25, -0.2) is 0 Å². The summed E-state index contributed by atoms with van der Waals surface area (Å²) in [6, 6.07) is 0. The first-order valence-electron chi connectivity index (χ1n) is 15.3. The van der Waals surface area contributed by atoms with E-state index in [1.54, 1.807) is 0 Å². The van der Waals surface area contributed by atoms with Crippen LogP contribution >= 0.6 is 0 Å². The van der Waals surface area contributed by atoms with Crippen LogP contribution in [0.25, 0.3) is 0 Å². The molecule has 2 atom stereocenters. The number of hydrogen-bond donors (Lipinski definition) is 3. The molecule has 2 unspecified atom stereocenters. The lowest BCUT2D eigenvalue weighted by Gasteiger charge is -2.27. The highest BCUT2D eigenvalue weighted by Gasteiger charge is 2.15. The molecule has 0 saturated heterocycles. The van der Waals surface area contributed by atoms with Gasteiger partial charge >= 0.3 is 0 Å². The van der Waals surface area contributed by atoms with E-state index in [2.05, 4.69) is 18.7 Å². The van der Waals surface area contributed by atoms with Crippen LogP contribution in [0.4, 0.5) is 0 Å². The summed E-state index contributed by atoms with van der Waals surface area (Å²) in [4.78, 5) is 2.30. The fourth-order valence-corrected chi connectivity index (χ4v) is 4.86. The minimum Gasteiger partial charge on any atom is -0.396 e. The molecule has 3 N–H and O–H groups in total. The average molecular weight is 486 g/mol. The zero-order valence-corrected chi connectivity index (χ0v) is 23.3. The zero-order chi connectivity index (χ0) is 25.1. The SMILES string of the molecule is CCCCCCCCCCC(O)CN(CCCCCCO)CC(O)CCCCCCCCCC. The highest BCUT2D eigenvalue weighted by atomic mass is 16.3. The fourth-order valence-electron chi connectivity index (χ4n) is 4.86. The minimum atomic E-state index is -0.284. The summed E-state index contributed by atoms with van der Waals surface area (Å²) in [5.41, 5.74) is 0. The van der Waals surface area contributed by atoms with E-state index in [0.717, 1.165) is 57.9 Å². The molecule has 0 aromatic carbocycles. The number of unbranched alkanes of at least 4 members (excludes halogenated alkanes) is 17. The van der Waals surface area contributed by atoms with Crippen LogP contribution in [-0.2, 0) is 0 Å². The molecule has 0 radical (unpaired) electrons. The Morgan fingerprint density at radius 1 is 0.471 bits per heavy atom. The van der Waals surface area contributed by atoms with Crippen molar-refractivity contribution in [2.45, 2.75) is 167 Å². The van der Waals surface area contributed by atoms with Gasteiger partial charge in [0.25, 0.3) is 0 Å². The Hall–Kier alpha value is -0.160. The lowest BCUT2D eigenvalue weighted by atomic mass is 10.0. The van der Waals surface area contributed by atoms with E-state index in [-0.39, 0.29) is 18.8 Å². The Morgan fingerprint density at radius 3 is 1.24 bits per heavy atom. The molecule has 0 rings (SSSR count). The van der Waals surface area contributed by atoms with E-state index in [1.807, 2.05) is 0 Å². The summed E-state index contributed by atoms with van der Waals surface area (Å²) in [6.07, 6.45) is 26.0. The standard InChI is InChI=1S/C30H63NO3/c1-3-5-7-9-11-13-15-19-23-29(33)27-31(25-21-17-18-22-26-32)28-30(34)24-20-16-14-12-10-8-6-4-2/h29-30,32-34H,3-28H2,1-2H3. The molecule has 0 saturated carbocycles. The van der Waals surface area contributed by atoms with Crippen molar-refractivity contribution < 1.29 is 15.3 Å². The van der Waals surface area contributed by atoms with Crippen molar-refractivity contribution in [2.24, 2.45) is 0 Å². The predicted octanol–water partition coefficient (Wildman–Crippen LogP) is 7.62. The monoisotopic (exact) mass is 485 g/mol. The Kier molecular flexibility index (Phi) is 27.3. The van der Waals surface area contributed by atoms with Gasteiger partial charge < -0.3 is 15.3 Å². The van der Waals surface area contributed by atoms with Crippen molar-refractivity contribution in [2.75, 3.05) is 26.2 Å². The molecule has 4 nitrogen and oxygen atoms in total. The van der Waals surface area contributed by atoms with Crippen molar-refractivity contribution in [1.82, 2.24) is 4.90 Å². The molecule has 206 valence electrons. The molecule has 0 aliphatic rings. The van der Waals surface area contributed by atoms with E-state index < -0.39 is 0 Å². The fraction of sp³-hybridized carbons (Fsp3) is 1.00. The molecular weight excluding hydrogens is 422 g/mol. The third kappa shape index (κ3) is 24.9. The molecule has 0 amide bonds. The van der Waals surface area contributed by atoms with Crippen LogP contribution in [0, 0.1) is 0 Å². The first-order chi connectivity index (χ1) is 16.6. The maximum Gasteiger partial charge on any atom is 0.0667 e. The van der Waals surface area contributed by atoms with Crippen LogP contribution in [0.2, 0.25) is 0 Å². The van der Waals surface area contributed by atoms with Gasteiger partial charge in [0.15, 0.2) is 0 Å². The lowest BCUT2D eigenvalue weighted by Crippen LogP contribution is -2.38. The summed E-state index contributed by atoms with van der Waals surface area (Å²) >= 11 is 0. The molecular formula is C30H63NO3. The van der Waals surface area contributed by atoms with Gasteiger partial charge in [0, 0.05) is 19.7 Å².